The van der Waals surface area contributed by atoms with Gasteiger partial charge in [-0.2, -0.15) is 10.1 Å². The molecule has 3 aromatic rings. The second kappa shape index (κ2) is 6.55. The fourth-order valence-corrected chi connectivity index (χ4v) is 4.01. The minimum Gasteiger partial charge on any atom is -0.274 e. The number of fused-ring (bicyclic) bond motifs is 1. The Morgan fingerprint density at radius 1 is 1.00 bits per heavy atom. The Kier molecular flexibility index (Phi) is 4.00. The number of halogens is 1. The molecule has 5 nitrogen and oxygen atoms in total. The van der Waals surface area contributed by atoms with Crippen LogP contribution in [0.25, 0.3) is 0 Å². The molecule has 0 saturated heterocycles. The zero-order valence-electron chi connectivity index (χ0n) is 15.6. The van der Waals surface area contributed by atoms with Crippen LogP contribution in [-0.4, -0.2) is 20.7 Å². The van der Waals surface area contributed by atoms with Gasteiger partial charge < -0.3 is 0 Å². The molecule has 0 unspecified atom stereocenters. The van der Waals surface area contributed by atoms with Crippen molar-refractivity contribution in [2.75, 3.05) is 4.90 Å². The Balaban J connectivity index is 1.62. The van der Waals surface area contributed by atoms with E-state index in [9.17, 15) is 9.18 Å². The van der Waals surface area contributed by atoms with Crippen molar-refractivity contribution < 1.29 is 9.18 Å². The number of rotatable bonds is 3. The minimum atomic E-state index is -0.265. The molecule has 1 saturated carbocycles. The van der Waals surface area contributed by atoms with Gasteiger partial charge in [-0.1, -0.05) is 42.0 Å². The van der Waals surface area contributed by atoms with Gasteiger partial charge in [0.05, 0.1) is 12.1 Å². The van der Waals surface area contributed by atoms with E-state index < -0.39 is 0 Å². The first-order chi connectivity index (χ1) is 13.6. The largest absolute Gasteiger partial charge is 0.274 e. The number of anilines is 1. The number of hydrogen-bond donors (Lipinski definition) is 0. The number of benzene rings is 2. The fourth-order valence-electron chi connectivity index (χ4n) is 4.01. The molecular formula is C22H21FN4O. The van der Waals surface area contributed by atoms with Gasteiger partial charge in [0, 0.05) is 5.92 Å². The molecule has 142 valence electrons. The first kappa shape index (κ1) is 17.1. The number of carbonyl (C=O) groups is 1. The highest BCUT2D eigenvalue weighted by Gasteiger charge is 2.44. The Hall–Kier alpha value is -3.02. The van der Waals surface area contributed by atoms with E-state index in [2.05, 4.69) is 41.3 Å². The molecular weight excluding hydrogens is 355 g/mol. The monoisotopic (exact) mass is 376 g/mol. The van der Waals surface area contributed by atoms with Crippen LogP contribution in [0.2, 0.25) is 0 Å². The van der Waals surface area contributed by atoms with Crippen LogP contribution in [0.5, 0.6) is 0 Å². The van der Waals surface area contributed by atoms with Crippen LogP contribution in [0.15, 0.2) is 54.9 Å². The van der Waals surface area contributed by atoms with Crippen molar-refractivity contribution in [3.05, 3.63) is 77.4 Å². The van der Waals surface area contributed by atoms with E-state index >= 15 is 0 Å². The number of aromatic nitrogens is 3. The summed E-state index contributed by atoms with van der Waals surface area (Å²) in [7, 11) is 0. The lowest BCUT2D eigenvalue weighted by Gasteiger charge is -2.39. The highest BCUT2D eigenvalue weighted by Crippen LogP contribution is 2.44. The normalized spacial score (nSPS) is 21.4. The Morgan fingerprint density at radius 3 is 2.32 bits per heavy atom. The Labute approximate surface area is 162 Å². The lowest BCUT2D eigenvalue weighted by molar-refractivity contribution is -0.120. The maximum Gasteiger partial charge on any atom is 0.233 e. The number of nitrogens with zero attached hydrogens (tertiary/aromatic N) is 4. The summed E-state index contributed by atoms with van der Waals surface area (Å²) < 4.78 is 15.2. The third-order valence-electron chi connectivity index (χ3n) is 5.70. The number of hydrogen-bond acceptors (Lipinski definition) is 3. The van der Waals surface area contributed by atoms with E-state index in [1.54, 1.807) is 16.8 Å². The summed E-state index contributed by atoms with van der Waals surface area (Å²) in [5.41, 5.74) is 3.22. The average Bonchev–Trinajstić information content (AvgIpc) is 3.44. The van der Waals surface area contributed by atoms with Crippen LogP contribution in [0.1, 0.15) is 48.0 Å². The third kappa shape index (κ3) is 2.89. The molecule has 1 fully saturated rings. The summed E-state index contributed by atoms with van der Waals surface area (Å²) in [6.45, 7) is 2.05. The summed E-state index contributed by atoms with van der Waals surface area (Å²) in [5.74, 6) is 0.514. The van der Waals surface area contributed by atoms with Crippen LogP contribution in [0.4, 0.5) is 10.3 Å². The Morgan fingerprint density at radius 2 is 1.64 bits per heavy atom. The second-order valence-corrected chi connectivity index (χ2v) is 7.72. The van der Waals surface area contributed by atoms with Crippen LogP contribution >= 0.6 is 0 Å². The van der Waals surface area contributed by atoms with Crippen LogP contribution in [0.3, 0.4) is 0 Å². The summed E-state index contributed by atoms with van der Waals surface area (Å²) in [6.07, 6.45) is 4.04. The quantitative estimate of drug-likeness (QED) is 0.688. The zero-order chi connectivity index (χ0) is 19.3. The van der Waals surface area contributed by atoms with Crippen LogP contribution in [0, 0.1) is 18.7 Å². The number of aryl methyl sites for hydroxylation is 1. The average molecular weight is 376 g/mol. The molecule has 0 N–H and O–H groups in total. The topological polar surface area (TPSA) is 51.0 Å². The zero-order valence-corrected chi connectivity index (χ0v) is 15.6. The number of amides is 1. The van der Waals surface area contributed by atoms with Gasteiger partial charge in [-0.15, -0.1) is 0 Å². The molecule has 1 aliphatic heterocycles. The smallest absolute Gasteiger partial charge is 0.233 e. The molecule has 0 bridgehead atoms. The van der Waals surface area contributed by atoms with E-state index in [1.165, 1.54) is 24.0 Å². The highest BCUT2D eigenvalue weighted by molar-refractivity contribution is 5.96. The van der Waals surface area contributed by atoms with E-state index in [-0.39, 0.29) is 29.7 Å². The lowest BCUT2D eigenvalue weighted by Crippen LogP contribution is -2.43. The van der Waals surface area contributed by atoms with Gasteiger partial charge >= 0.3 is 0 Å². The van der Waals surface area contributed by atoms with E-state index in [1.807, 2.05) is 4.90 Å². The maximum atomic E-state index is 13.4. The molecule has 0 spiro atoms. The summed E-state index contributed by atoms with van der Waals surface area (Å²) >= 11 is 0. The minimum absolute atomic E-state index is 0.0838. The Bertz CT molecular complexity index is 1010. The highest BCUT2D eigenvalue weighted by atomic mass is 19.1. The van der Waals surface area contributed by atoms with Gasteiger partial charge in [0.2, 0.25) is 11.9 Å². The van der Waals surface area contributed by atoms with Crippen molar-refractivity contribution in [1.29, 1.82) is 0 Å². The van der Waals surface area contributed by atoms with Crippen molar-refractivity contribution in [3.8, 4) is 0 Å². The molecule has 28 heavy (non-hydrogen) atoms. The molecule has 5 rings (SSSR count). The first-order valence-corrected chi connectivity index (χ1v) is 9.66. The molecule has 2 aliphatic rings. The van der Waals surface area contributed by atoms with Crippen LogP contribution < -0.4 is 4.90 Å². The molecule has 6 heteroatoms. The van der Waals surface area contributed by atoms with Crippen molar-refractivity contribution in [3.63, 3.8) is 0 Å². The standard InChI is InChI=1S/C22H21FN4O/c1-14-2-4-15(5-3-14)19-12-20(16-8-10-18(23)11-9-16)27-22(24-13-25-27)26(19)21(28)17-6-7-17/h2-5,8-11,13,17,19-20H,6-7,12H2,1H3/t19-,20+/m1/s1. The van der Waals surface area contributed by atoms with Gasteiger partial charge in [0.1, 0.15) is 12.1 Å². The fraction of sp³-hybridized carbons (Fsp3) is 0.318. The van der Waals surface area contributed by atoms with Crippen molar-refractivity contribution in [2.24, 2.45) is 5.92 Å². The molecule has 1 aromatic heterocycles. The van der Waals surface area contributed by atoms with Crippen LogP contribution in [-0.2, 0) is 4.79 Å². The van der Waals surface area contributed by atoms with Crippen molar-refractivity contribution in [1.82, 2.24) is 14.8 Å². The third-order valence-corrected chi connectivity index (χ3v) is 5.70. The number of carbonyl (C=O) groups excluding carboxylic acids is 1. The van der Waals surface area contributed by atoms with E-state index in [0.29, 0.717) is 12.4 Å². The molecule has 0 radical (unpaired) electrons. The SMILES string of the molecule is Cc1ccc([C@H]2C[C@@H](c3ccc(F)cc3)n3ncnc3N2C(=O)C2CC2)cc1. The van der Waals surface area contributed by atoms with Gasteiger partial charge in [0.15, 0.2) is 0 Å². The second-order valence-electron chi connectivity index (χ2n) is 7.72. The van der Waals surface area contributed by atoms with Gasteiger partial charge in [0.25, 0.3) is 0 Å². The molecule has 1 aliphatic carbocycles. The van der Waals surface area contributed by atoms with E-state index in [4.69, 9.17) is 0 Å². The van der Waals surface area contributed by atoms with E-state index in [0.717, 1.165) is 24.0 Å². The first-order valence-electron chi connectivity index (χ1n) is 9.66. The van der Waals surface area contributed by atoms with Crippen molar-refractivity contribution >= 4 is 11.9 Å². The lowest BCUT2D eigenvalue weighted by atomic mass is 9.91. The summed E-state index contributed by atoms with van der Waals surface area (Å²) in [5, 5.41) is 4.41. The van der Waals surface area contributed by atoms with Gasteiger partial charge in [-0.25, -0.2) is 9.07 Å². The summed E-state index contributed by atoms with van der Waals surface area (Å²) in [6, 6.07) is 14.6. The summed E-state index contributed by atoms with van der Waals surface area (Å²) in [4.78, 5) is 19.4. The predicted molar refractivity (Wildman–Crippen MR) is 103 cm³/mol. The molecule has 2 atom stereocenters. The molecule has 2 aromatic carbocycles. The molecule has 1 amide bonds. The predicted octanol–water partition coefficient (Wildman–Crippen LogP) is 4.20. The van der Waals surface area contributed by atoms with Gasteiger partial charge in [-0.05, 0) is 49.4 Å². The van der Waals surface area contributed by atoms with Gasteiger partial charge in [-0.3, -0.25) is 9.69 Å². The maximum absolute atomic E-state index is 13.4. The van der Waals surface area contributed by atoms with Crippen molar-refractivity contribution in [2.45, 2.75) is 38.3 Å². The molecule has 2 heterocycles.